The second-order valence-electron chi connectivity index (χ2n) is 8.13. The lowest BCUT2D eigenvalue weighted by atomic mass is 9.96. The minimum absolute atomic E-state index is 0. The van der Waals surface area contributed by atoms with Gasteiger partial charge in [-0.1, -0.05) is 12.1 Å². The van der Waals surface area contributed by atoms with Crippen molar-refractivity contribution >= 4 is 57.1 Å². The topological polar surface area (TPSA) is 71.4 Å². The molecule has 2 aromatic carbocycles. The first-order valence-corrected chi connectivity index (χ1v) is 11.3. The van der Waals surface area contributed by atoms with E-state index in [-0.39, 0.29) is 42.2 Å². The lowest BCUT2D eigenvalue weighted by molar-refractivity contribution is 0.199. The van der Waals surface area contributed by atoms with Gasteiger partial charge < -0.3 is 15.5 Å². The SMILES string of the molecule is COc1ccc2[nH]c(=O)c3sccc3c2c1-c1ccc(CN2CCCC(N)C2)c(F)c1.Cl.Cl. The van der Waals surface area contributed by atoms with Gasteiger partial charge in [0, 0.05) is 46.5 Å². The van der Waals surface area contributed by atoms with E-state index in [1.165, 1.54) is 11.3 Å². The highest BCUT2D eigenvalue weighted by molar-refractivity contribution is 7.17. The number of likely N-dealkylation sites (tertiary alicyclic amines) is 1. The van der Waals surface area contributed by atoms with Crippen molar-refractivity contribution < 1.29 is 9.13 Å². The third-order valence-electron chi connectivity index (χ3n) is 6.05. The lowest BCUT2D eigenvalue weighted by Gasteiger charge is -2.30. The predicted octanol–water partition coefficient (Wildman–Crippen LogP) is 5.32. The van der Waals surface area contributed by atoms with Gasteiger partial charge in [-0.3, -0.25) is 9.69 Å². The highest BCUT2D eigenvalue weighted by Gasteiger charge is 2.20. The summed E-state index contributed by atoms with van der Waals surface area (Å²) in [7, 11) is 1.60. The average molecular weight is 510 g/mol. The van der Waals surface area contributed by atoms with Crippen molar-refractivity contribution in [3.63, 3.8) is 0 Å². The van der Waals surface area contributed by atoms with Gasteiger partial charge in [-0.2, -0.15) is 0 Å². The number of aromatic nitrogens is 1. The van der Waals surface area contributed by atoms with Crippen LogP contribution in [0.15, 0.2) is 46.6 Å². The van der Waals surface area contributed by atoms with Gasteiger partial charge in [-0.15, -0.1) is 36.2 Å². The van der Waals surface area contributed by atoms with Crippen molar-refractivity contribution in [2.24, 2.45) is 5.73 Å². The number of methoxy groups -OCH3 is 1. The van der Waals surface area contributed by atoms with Crippen LogP contribution in [0.5, 0.6) is 5.75 Å². The van der Waals surface area contributed by atoms with E-state index in [2.05, 4.69) is 9.88 Å². The Hall–Kier alpha value is -2.16. The van der Waals surface area contributed by atoms with Crippen molar-refractivity contribution in [1.82, 2.24) is 9.88 Å². The maximum absolute atomic E-state index is 15.2. The van der Waals surface area contributed by atoms with Gasteiger partial charge in [0.15, 0.2) is 0 Å². The summed E-state index contributed by atoms with van der Waals surface area (Å²) in [4.78, 5) is 17.6. The first-order chi connectivity index (χ1) is 15.0. The second-order valence-corrected chi connectivity index (χ2v) is 9.04. The van der Waals surface area contributed by atoms with E-state index in [4.69, 9.17) is 10.5 Å². The Bertz CT molecular complexity index is 1340. The molecular formula is C24H26Cl2FN3O2S. The first-order valence-electron chi connectivity index (χ1n) is 10.4. The monoisotopic (exact) mass is 509 g/mol. The number of thiophene rings is 1. The molecule has 33 heavy (non-hydrogen) atoms. The molecule has 0 aliphatic carbocycles. The number of pyridine rings is 1. The number of aromatic amines is 1. The van der Waals surface area contributed by atoms with Crippen LogP contribution in [-0.4, -0.2) is 36.1 Å². The third kappa shape index (κ3) is 4.74. The van der Waals surface area contributed by atoms with Crippen LogP contribution in [0, 0.1) is 5.82 Å². The number of benzene rings is 2. The van der Waals surface area contributed by atoms with Crippen LogP contribution in [0.2, 0.25) is 0 Å². The van der Waals surface area contributed by atoms with Gasteiger partial charge in [0.1, 0.15) is 16.3 Å². The van der Waals surface area contributed by atoms with Crippen molar-refractivity contribution in [3.05, 3.63) is 63.5 Å². The van der Waals surface area contributed by atoms with Crippen LogP contribution in [0.25, 0.3) is 32.1 Å². The molecule has 5 rings (SSSR count). The summed E-state index contributed by atoms with van der Waals surface area (Å²) in [6.45, 7) is 2.28. The molecule has 3 N–H and O–H groups in total. The van der Waals surface area contributed by atoms with Crippen molar-refractivity contribution in [2.75, 3.05) is 20.2 Å². The smallest absolute Gasteiger partial charge is 0.266 e. The number of nitrogens with one attached hydrogen (secondary N) is 1. The van der Waals surface area contributed by atoms with Gasteiger partial charge in [0.2, 0.25) is 0 Å². The molecule has 9 heteroatoms. The fourth-order valence-electron chi connectivity index (χ4n) is 4.59. The summed E-state index contributed by atoms with van der Waals surface area (Å²) in [6.07, 6.45) is 2.07. The molecule has 2 aromatic heterocycles. The number of piperidine rings is 1. The molecule has 5 nitrogen and oxygen atoms in total. The number of rotatable bonds is 4. The summed E-state index contributed by atoms with van der Waals surface area (Å²) in [5, 5.41) is 3.61. The van der Waals surface area contributed by atoms with Gasteiger partial charge in [-0.25, -0.2) is 4.39 Å². The molecule has 0 spiro atoms. The molecule has 0 amide bonds. The minimum atomic E-state index is -0.248. The number of fused-ring (bicyclic) bond motifs is 3. The maximum atomic E-state index is 15.2. The Labute approximate surface area is 207 Å². The Morgan fingerprint density at radius 1 is 1.24 bits per heavy atom. The highest BCUT2D eigenvalue weighted by atomic mass is 35.5. The molecule has 1 aliphatic rings. The van der Waals surface area contributed by atoms with Crippen molar-refractivity contribution in [1.29, 1.82) is 0 Å². The molecule has 3 heterocycles. The molecule has 0 saturated carbocycles. The largest absolute Gasteiger partial charge is 0.496 e. The summed E-state index contributed by atoms with van der Waals surface area (Å²) in [5.74, 6) is 0.392. The van der Waals surface area contributed by atoms with E-state index in [9.17, 15) is 4.79 Å². The molecular weight excluding hydrogens is 484 g/mol. The maximum Gasteiger partial charge on any atom is 0.266 e. The van der Waals surface area contributed by atoms with Gasteiger partial charge in [0.05, 0.1) is 7.11 Å². The zero-order chi connectivity index (χ0) is 21.5. The van der Waals surface area contributed by atoms with Crippen LogP contribution in [0.1, 0.15) is 18.4 Å². The standard InChI is InChI=1S/C24H24FN3O2S.2ClH/c1-30-20-7-6-19-22(17-8-10-31-23(17)24(29)27-19)21(20)14-4-5-15(18(25)11-14)12-28-9-2-3-16(26)13-28;;/h4-8,10-11,16H,2-3,9,12-13,26H2,1H3,(H,27,29);2*1H. The zero-order valence-corrected chi connectivity index (χ0v) is 20.5. The van der Waals surface area contributed by atoms with Gasteiger partial charge >= 0.3 is 0 Å². The molecule has 1 atom stereocenters. The minimum Gasteiger partial charge on any atom is -0.496 e. The fourth-order valence-corrected chi connectivity index (χ4v) is 5.39. The van der Waals surface area contributed by atoms with Crippen LogP contribution >= 0.6 is 36.2 Å². The summed E-state index contributed by atoms with van der Waals surface area (Å²) in [5.41, 5.74) is 8.83. The average Bonchev–Trinajstić information content (AvgIpc) is 3.25. The van der Waals surface area contributed by atoms with E-state index < -0.39 is 0 Å². The predicted molar refractivity (Wildman–Crippen MR) is 139 cm³/mol. The number of hydrogen-bond acceptors (Lipinski definition) is 5. The molecule has 1 saturated heterocycles. The number of nitrogens with two attached hydrogens (primary N) is 1. The van der Waals surface area contributed by atoms with Gasteiger partial charge in [-0.05, 0) is 54.6 Å². The Morgan fingerprint density at radius 2 is 2.06 bits per heavy atom. The number of hydrogen-bond donors (Lipinski definition) is 2. The quantitative estimate of drug-likeness (QED) is 0.390. The number of halogens is 3. The van der Waals surface area contributed by atoms with E-state index in [0.717, 1.165) is 47.8 Å². The summed E-state index contributed by atoms with van der Waals surface area (Å²) < 4.78 is 21.5. The number of nitrogens with zero attached hydrogens (tertiary/aromatic N) is 1. The normalized spacial score (nSPS) is 16.4. The lowest BCUT2D eigenvalue weighted by Crippen LogP contribution is -2.42. The third-order valence-corrected chi connectivity index (χ3v) is 6.97. The van der Waals surface area contributed by atoms with E-state index >= 15 is 4.39 Å². The van der Waals surface area contributed by atoms with Crippen molar-refractivity contribution in [2.45, 2.75) is 25.4 Å². The Balaban J connectivity index is 0.00000153. The van der Waals surface area contributed by atoms with Crippen molar-refractivity contribution in [3.8, 4) is 16.9 Å². The summed E-state index contributed by atoms with van der Waals surface area (Å²) >= 11 is 1.40. The molecule has 0 bridgehead atoms. The van der Waals surface area contributed by atoms with Gasteiger partial charge in [0.25, 0.3) is 5.56 Å². The molecule has 176 valence electrons. The molecule has 1 aliphatic heterocycles. The van der Waals surface area contributed by atoms with E-state index in [1.807, 2.05) is 35.7 Å². The van der Waals surface area contributed by atoms with Crippen LogP contribution in [0.3, 0.4) is 0 Å². The summed E-state index contributed by atoms with van der Waals surface area (Å²) in [6, 6.07) is 11.1. The van der Waals surface area contributed by atoms with E-state index in [0.29, 0.717) is 28.1 Å². The molecule has 4 aromatic rings. The molecule has 0 radical (unpaired) electrons. The van der Waals surface area contributed by atoms with Crippen LogP contribution < -0.4 is 16.0 Å². The Morgan fingerprint density at radius 3 is 2.79 bits per heavy atom. The van der Waals surface area contributed by atoms with Crippen LogP contribution in [-0.2, 0) is 6.54 Å². The first kappa shape index (κ1) is 25.5. The number of ether oxygens (including phenoxy) is 1. The zero-order valence-electron chi connectivity index (χ0n) is 18.1. The highest BCUT2D eigenvalue weighted by Crippen LogP contribution is 2.40. The van der Waals surface area contributed by atoms with E-state index in [1.54, 1.807) is 13.2 Å². The fraction of sp³-hybridized carbons (Fsp3) is 0.292. The van der Waals surface area contributed by atoms with Crippen LogP contribution in [0.4, 0.5) is 4.39 Å². The Kier molecular flexibility index (Phi) is 8.03. The second kappa shape index (κ2) is 10.4. The molecule has 1 unspecified atom stereocenters. The molecule has 1 fully saturated rings. The number of H-pyrrole nitrogens is 1.